The van der Waals surface area contributed by atoms with E-state index in [1.54, 1.807) is 30.3 Å². The van der Waals surface area contributed by atoms with Crippen molar-refractivity contribution in [3.8, 4) is 6.07 Å². The molecule has 0 aliphatic rings. The maximum Gasteiger partial charge on any atom is 0.269 e. The monoisotopic (exact) mass is 268 g/mol. The molecule has 0 spiro atoms. The van der Waals surface area contributed by atoms with Crippen LogP contribution in [0.25, 0.3) is 0 Å². The van der Waals surface area contributed by atoms with Gasteiger partial charge in [-0.2, -0.15) is 5.26 Å². The van der Waals surface area contributed by atoms with E-state index in [-0.39, 0.29) is 11.7 Å². The van der Waals surface area contributed by atoms with Crippen molar-refractivity contribution in [3.05, 3.63) is 63.8 Å². The maximum atomic E-state index is 10.8. The van der Waals surface area contributed by atoms with Crippen molar-refractivity contribution in [1.29, 1.82) is 5.26 Å². The third-order valence-corrected chi connectivity index (χ3v) is 2.81. The number of nitrogens with one attached hydrogen (secondary N) is 1. The SMILES string of the molecule is C[C@@H](Nc1cccc(C#N)n1)c1cccc([N+](=O)[O-])c1. The molecular weight excluding hydrogens is 256 g/mol. The van der Waals surface area contributed by atoms with Gasteiger partial charge in [0.15, 0.2) is 0 Å². The molecule has 0 fully saturated rings. The van der Waals surface area contributed by atoms with Crippen molar-refractivity contribution >= 4 is 11.5 Å². The topological polar surface area (TPSA) is 91.8 Å². The van der Waals surface area contributed by atoms with Gasteiger partial charge in [0, 0.05) is 12.1 Å². The van der Waals surface area contributed by atoms with Gasteiger partial charge in [-0.15, -0.1) is 0 Å². The summed E-state index contributed by atoms with van der Waals surface area (Å²) in [5, 5.41) is 22.7. The van der Waals surface area contributed by atoms with E-state index < -0.39 is 4.92 Å². The van der Waals surface area contributed by atoms with Crippen molar-refractivity contribution in [2.75, 3.05) is 5.32 Å². The molecule has 6 nitrogen and oxygen atoms in total. The zero-order chi connectivity index (χ0) is 14.5. The van der Waals surface area contributed by atoms with Crippen LogP contribution >= 0.6 is 0 Å². The number of benzene rings is 1. The van der Waals surface area contributed by atoms with Gasteiger partial charge in [-0.1, -0.05) is 18.2 Å². The minimum atomic E-state index is -0.426. The predicted octanol–water partition coefficient (Wildman–Crippen LogP) is 3.03. The van der Waals surface area contributed by atoms with Gasteiger partial charge in [0.2, 0.25) is 0 Å². The molecule has 0 aliphatic heterocycles. The summed E-state index contributed by atoms with van der Waals surface area (Å²) < 4.78 is 0. The van der Waals surface area contributed by atoms with Gasteiger partial charge in [0.05, 0.1) is 11.0 Å². The number of nitriles is 1. The highest BCUT2D eigenvalue weighted by molar-refractivity contribution is 5.43. The van der Waals surface area contributed by atoms with Gasteiger partial charge in [-0.3, -0.25) is 10.1 Å². The zero-order valence-corrected chi connectivity index (χ0v) is 10.8. The molecule has 1 heterocycles. The molecule has 100 valence electrons. The van der Waals surface area contributed by atoms with Gasteiger partial charge >= 0.3 is 0 Å². The van der Waals surface area contributed by atoms with Crippen LogP contribution in [0.2, 0.25) is 0 Å². The molecule has 0 saturated heterocycles. The Morgan fingerprint density at radius 2 is 2.10 bits per heavy atom. The number of hydrogen-bond donors (Lipinski definition) is 1. The lowest BCUT2D eigenvalue weighted by Crippen LogP contribution is -2.08. The Balaban J connectivity index is 2.19. The van der Waals surface area contributed by atoms with Gasteiger partial charge in [-0.05, 0) is 24.6 Å². The quantitative estimate of drug-likeness (QED) is 0.679. The van der Waals surface area contributed by atoms with Crippen molar-refractivity contribution in [2.24, 2.45) is 0 Å². The van der Waals surface area contributed by atoms with Crippen molar-refractivity contribution < 1.29 is 4.92 Å². The highest BCUT2D eigenvalue weighted by Gasteiger charge is 2.11. The Bertz CT molecular complexity index is 679. The van der Waals surface area contributed by atoms with Gasteiger partial charge in [-0.25, -0.2) is 4.98 Å². The fourth-order valence-electron chi connectivity index (χ4n) is 1.79. The van der Waals surface area contributed by atoms with Crippen LogP contribution in [-0.4, -0.2) is 9.91 Å². The minimum absolute atomic E-state index is 0.0508. The van der Waals surface area contributed by atoms with Crippen molar-refractivity contribution in [2.45, 2.75) is 13.0 Å². The molecule has 6 heteroatoms. The number of rotatable bonds is 4. The molecule has 0 unspecified atom stereocenters. The Hall–Kier alpha value is -2.94. The highest BCUT2D eigenvalue weighted by Crippen LogP contribution is 2.22. The first-order valence-corrected chi connectivity index (χ1v) is 5.98. The largest absolute Gasteiger partial charge is 0.364 e. The molecule has 1 N–H and O–H groups in total. The molecule has 1 aromatic carbocycles. The fraction of sp³-hybridized carbons (Fsp3) is 0.143. The zero-order valence-electron chi connectivity index (χ0n) is 10.8. The van der Waals surface area contributed by atoms with E-state index in [0.717, 1.165) is 5.56 Å². The number of non-ortho nitro benzene ring substituents is 1. The molecule has 0 amide bonds. The summed E-state index contributed by atoms with van der Waals surface area (Å²) in [6, 6.07) is 13.3. The van der Waals surface area contributed by atoms with E-state index in [0.29, 0.717) is 11.5 Å². The first-order chi connectivity index (χ1) is 9.60. The van der Waals surface area contributed by atoms with E-state index in [1.807, 2.05) is 13.0 Å². The molecule has 1 aromatic heterocycles. The Kier molecular flexibility index (Phi) is 3.91. The van der Waals surface area contributed by atoms with Gasteiger partial charge < -0.3 is 5.32 Å². The van der Waals surface area contributed by atoms with E-state index in [9.17, 15) is 10.1 Å². The first kappa shape index (κ1) is 13.5. The summed E-state index contributed by atoms with van der Waals surface area (Å²) in [7, 11) is 0. The summed E-state index contributed by atoms with van der Waals surface area (Å²) in [6.45, 7) is 1.87. The first-order valence-electron chi connectivity index (χ1n) is 5.98. The lowest BCUT2D eigenvalue weighted by atomic mass is 10.1. The number of nitro groups is 1. The van der Waals surface area contributed by atoms with Crippen molar-refractivity contribution in [1.82, 2.24) is 4.98 Å². The highest BCUT2D eigenvalue weighted by atomic mass is 16.6. The second-order valence-electron chi connectivity index (χ2n) is 4.24. The number of nitro benzene ring substituents is 1. The van der Waals surface area contributed by atoms with E-state index in [1.165, 1.54) is 12.1 Å². The van der Waals surface area contributed by atoms with E-state index in [2.05, 4.69) is 10.3 Å². The van der Waals surface area contributed by atoms with Crippen LogP contribution in [0.4, 0.5) is 11.5 Å². The summed E-state index contributed by atoms with van der Waals surface area (Å²) in [5.41, 5.74) is 1.15. The van der Waals surface area contributed by atoms with Crippen LogP contribution in [0.1, 0.15) is 24.2 Å². The molecule has 0 bridgehead atoms. The molecule has 0 aliphatic carbocycles. The number of anilines is 1. The van der Waals surface area contributed by atoms with Gasteiger partial charge in [0.1, 0.15) is 17.6 Å². The van der Waals surface area contributed by atoms with Crippen molar-refractivity contribution in [3.63, 3.8) is 0 Å². The van der Waals surface area contributed by atoms with Crippen LogP contribution in [-0.2, 0) is 0 Å². The third kappa shape index (κ3) is 3.09. The summed E-state index contributed by atoms with van der Waals surface area (Å²) in [6.07, 6.45) is 0. The molecule has 1 atom stereocenters. The van der Waals surface area contributed by atoms with Gasteiger partial charge in [0.25, 0.3) is 5.69 Å². The summed E-state index contributed by atoms with van der Waals surface area (Å²) in [5.74, 6) is 0.558. The van der Waals surface area contributed by atoms with Crippen LogP contribution in [0.5, 0.6) is 0 Å². The van der Waals surface area contributed by atoms with Crippen LogP contribution in [0.3, 0.4) is 0 Å². The number of nitrogens with zero attached hydrogens (tertiary/aromatic N) is 3. The third-order valence-electron chi connectivity index (χ3n) is 2.81. The number of pyridine rings is 1. The fourth-order valence-corrected chi connectivity index (χ4v) is 1.79. The second kappa shape index (κ2) is 5.80. The number of hydrogen-bond acceptors (Lipinski definition) is 5. The van der Waals surface area contributed by atoms with E-state index >= 15 is 0 Å². The Morgan fingerprint density at radius 3 is 2.80 bits per heavy atom. The van der Waals surface area contributed by atoms with E-state index in [4.69, 9.17) is 5.26 Å². The predicted molar refractivity (Wildman–Crippen MR) is 74.1 cm³/mol. The molecule has 20 heavy (non-hydrogen) atoms. The number of aromatic nitrogens is 1. The van der Waals surface area contributed by atoms with Crippen LogP contribution in [0, 0.1) is 21.4 Å². The minimum Gasteiger partial charge on any atom is -0.364 e. The Morgan fingerprint density at radius 1 is 1.35 bits per heavy atom. The summed E-state index contributed by atoms with van der Waals surface area (Å²) in [4.78, 5) is 14.4. The van der Waals surface area contributed by atoms with Crippen LogP contribution in [0.15, 0.2) is 42.5 Å². The van der Waals surface area contributed by atoms with Crippen LogP contribution < -0.4 is 5.32 Å². The second-order valence-corrected chi connectivity index (χ2v) is 4.24. The average molecular weight is 268 g/mol. The molecular formula is C14H12N4O2. The molecule has 2 aromatic rings. The summed E-state index contributed by atoms with van der Waals surface area (Å²) >= 11 is 0. The normalized spacial score (nSPS) is 11.4. The maximum absolute atomic E-state index is 10.8. The smallest absolute Gasteiger partial charge is 0.269 e. The average Bonchev–Trinajstić information content (AvgIpc) is 2.47. The molecule has 0 radical (unpaired) electrons. The standard InChI is InChI=1S/C14H12N4O2/c1-10(11-4-2-6-13(8-11)18(19)20)16-14-7-3-5-12(9-15)17-14/h2-8,10H,1H3,(H,16,17)/t10-/m1/s1. The molecule has 2 rings (SSSR count). The molecule has 0 saturated carbocycles. The lowest BCUT2D eigenvalue weighted by Gasteiger charge is -2.14. The lowest BCUT2D eigenvalue weighted by molar-refractivity contribution is -0.384. The Labute approximate surface area is 115 Å².